The Morgan fingerprint density at radius 2 is 2.04 bits per heavy atom. The van der Waals surface area contributed by atoms with E-state index in [4.69, 9.17) is 5.26 Å². The molecule has 2 N–H and O–H groups in total. The highest BCUT2D eigenvalue weighted by molar-refractivity contribution is 7.89. The molecule has 2 aromatic rings. The Bertz CT molecular complexity index is 937. The molecule has 0 fully saturated rings. The Hall–Kier alpha value is -2.27. The first-order valence-electron chi connectivity index (χ1n) is 7.35. The smallest absolute Gasteiger partial charge is 0.241 e. The van der Waals surface area contributed by atoms with E-state index in [1.807, 2.05) is 12.1 Å². The van der Waals surface area contributed by atoms with Crippen molar-refractivity contribution in [3.63, 3.8) is 0 Å². The summed E-state index contributed by atoms with van der Waals surface area (Å²) in [4.78, 5) is -0.211. The number of nitrogens with one attached hydrogen (secondary N) is 1. The standard InChI is InChI=1S/C17H15FN2O3S/c18-16-6-5-14(9-13(16)10-19)24(22,23)20-17(11-21)8-7-12-3-1-2-4-15(12)17/h1-6,9,20-21H,7-8,11H2. The average molecular weight is 346 g/mol. The summed E-state index contributed by atoms with van der Waals surface area (Å²) in [6, 6.07) is 12.0. The Labute approximate surface area is 139 Å². The van der Waals surface area contributed by atoms with E-state index in [-0.39, 0.29) is 10.5 Å². The molecule has 24 heavy (non-hydrogen) atoms. The first-order valence-corrected chi connectivity index (χ1v) is 8.83. The molecule has 0 amide bonds. The third-order valence-corrected chi connectivity index (χ3v) is 5.86. The third-order valence-electron chi connectivity index (χ3n) is 4.32. The molecule has 1 aliphatic carbocycles. The fraction of sp³-hybridized carbons (Fsp3) is 0.235. The van der Waals surface area contributed by atoms with Gasteiger partial charge in [-0.1, -0.05) is 24.3 Å². The molecular weight excluding hydrogens is 331 g/mol. The van der Waals surface area contributed by atoms with Gasteiger partial charge in [-0.15, -0.1) is 0 Å². The lowest BCUT2D eigenvalue weighted by Crippen LogP contribution is -2.47. The van der Waals surface area contributed by atoms with E-state index in [2.05, 4.69) is 4.72 Å². The van der Waals surface area contributed by atoms with Gasteiger partial charge < -0.3 is 5.11 Å². The summed E-state index contributed by atoms with van der Waals surface area (Å²) >= 11 is 0. The minimum Gasteiger partial charge on any atom is -0.394 e. The zero-order valence-electron chi connectivity index (χ0n) is 12.7. The second kappa shape index (κ2) is 5.98. The number of halogens is 1. The van der Waals surface area contributed by atoms with Crippen LogP contribution in [0.25, 0.3) is 0 Å². The maximum Gasteiger partial charge on any atom is 0.241 e. The molecular formula is C17H15FN2O3S. The van der Waals surface area contributed by atoms with E-state index in [9.17, 15) is 17.9 Å². The normalized spacial score (nSPS) is 19.7. The highest BCUT2D eigenvalue weighted by Gasteiger charge is 2.41. The van der Waals surface area contributed by atoms with Gasteiger partial charge in [-0.05, 0) is 42.2 Å². The van der Waals surface area contributed by atoms with Crippen molar-refractivity contribution < 1.29 is 17.9 Å². The molecule has 0 saturated heterocycles. The third kappa shape index (κ3) is 2.69. The number of rotatable bonds is 4. The van der Waals surface area contributed by atoms with Crippen LogP contribution in [0.15, 0.2) is 47.4 Å². The van der Waals surface area contributed by atoms with Crippen LogP contribution in [0.4, 0.5) is 4.39 Å². The van der Waals surface area contributed by atoms with Crippen LogP contribution in [0.5, 0.6) is 0 Å². The van der Waals surface area contributed by atoms with Crippen molar-refractivity contribution in [1.82, 2.24) is 4.72 Å². The molecule has 3 rings (SSSR count). The van der Waals surface area contributed by atoms with Crippen molar-refractivity contribution in [3.05, 3.63) is 65.0 Å². The number of benzene rings is 2. The average Bonchev–Trinajstić information content (AvgIpc) is 2.94. The van der Waals surface area contributed by atoms with Crippen LogP contribution >= 0.6 is 0 Å². The number of hydrogen-bond acceptors (Lipinski definition) is 4. The lowest BCUT2D eigenvalue weighted by Gasteiger charge is -2.29. The fourth-order valence-electron chi connectivity index (χ4n) is 3.06. The van der Waals surface area contributed by atoms with Crippen LogP contribution in [0, 0.1) is 17.1 Å². The van der Waals surface area contributed by atoms with Crippen molar-refractivity contribution >= 4 is 10.0 Å². The van der Waals surface area contributed by atoms with Crippen molar-refractivity contribution in [1.29, 1.82) is 5.26 Å². The van der Waals surface area contributed by atoms with Crippen LogP contribution in [0.3, 0.4) is 0 Å². The molecule has 124 valence electrons. The van der Waals surface area contributed by atoms with Crippen LogP contribution in [-0.2, 0) is 22.0 Å². The van der Waals surface area contributed by atoms with Gasteiger partial charge in [0, 0.05) is 0 Å². The lowest BCUT2D eigenvalue weighted by molar-refractivity contribution is 0.182. The van der Waals surface area contributed by atoms with E-state index < -0.39 is 28.0 Å². The van der Waals surface area contributed by atoms with Gasteiger partial charge in [-0.3, -0.25) is 0 Å². The van der Waals surface area contributed by atoms with Crippen molar-refractivity contribution in [2.24, 2.45) is 0 Å². The zero-order chi connectivity index (χ0) is 17.4. The van der Waals surface area contributed by atoms with E-state index in [1.165, 1.54) is 0 Å². The molecule has 7 heteroatoms. The molecule has 5 nitrogen and oxygen atoms in total. The van der Waals surface area contributed by atoms with Crippen LogP contribution < -0.4 is 4.72 Å². The topological polar surface area (TPSA) is 90.2 Å². The van der Waals surface area contributed by atoms with E-state index >= 15 is 0 Å². The summed E-state index contributed by atoms with van der Waals surface area (Å²) in [5.41, 5.74) is 0.254. The predicted octanol–water partition coefficient (Wildman–Crippen LogP) is 1.81. The second-order valence-corrected chi connectivity index (χ2v) is 7.44. The number of aliphatic hydroxyl groups is 1. The highest BCUT2D eigenvalue weighted by Crippen LogP contribution is 2.37. The lowest BCUT2D eigenvalue weighted by atomic mass is 9.94. The summed E-state index contributed by atoms with van der Waals surface area (Å²) in [6.07, 6.45) is 1.07. The van der Waals surface area contributed by atoms with Gasteiger partial charge in [0.05, 0.1) is 22.6 Å². The number of hydrogen-bond donors (Lipinski definition) is 2. The molecule has 0 saturated carbocycles. The number of aryl methyl sites for hydroxylation is 1. The van der Waals surface area contributed by atoms with Crippen molar-refractivity contribution in [2.75, 3.05) is 6.61 Å². The maximum atomic E-state index is 13.4. The second-order valence-electron chi connectivity index (χ2n) is 5.76. The number of nitrogens with zero attached hydrogens (tertiary/aromatic N) is 1. The molecule has 0 heterocycles. The van der Waals surface area contributed by atoms with Gasteiger partial charge >= 0.3 is 0 Å². The largest absolute Gasteiger partial charge is 0.394 e. The molecule has 0 radical (unpaired) electrons. The quantitative estimate of drug-likeness (QED) is 0.883. The van der Waals surface area contributed by atoms with Gasteiger partial charge in [0.2, 0.25) is 10.0 Å². The fourth-order valence-corrected chi connectivity index (χ4v) is 4.49. The van der Waals surface area contributed by atoms with Gasteiger partial charge in [0.25, 0.3) is 0 Å². The first kappa shape index (κ1) is 16.6. The number of sulfonamides is 1. The van der Waals surface area contributed by atoms with E-state index in [0.29, 0.717) is 12.8 Å². The number of aliphatic hydroxyl groups excluding tert-OH is 1. The summed E-state index contributed by atoms with van der Waals surface area (Å²) < 4.78 is 41.4. The van der Waals surface area contributed by atoms with Crippen LogP contribution in [-0.4, -0.2) is 20.1 Å². The molecule has 1 unspecified atom stereocenters. The molecule has 0 aromatic heterocycles. The summed E-state index contributed by atoms with van der Waals surface area (Å²) in [7, 11) is -4.03. The van der Waals surface area contributed by atoms with Gasteiger partial charge in [-0.2, -0.15) is 9.98 Å². The minimum atomic E-state index is -4.03. The Balaban J connectivity index is 2.02. The van der Waals surface area contributed by atoms with Gasteiger partial charge in [0.1, 0.15) is 11.9 Å². The van der Waals surface area contributed by atoms with Crippen LogP contribution in [0.2, 0.25) is 0 Å². The molecule has 2 aromatic carbocycles. The SMILES string of the molecule is N#Cc1cc(S(=O)(=O)NC2(CO)CCc3ccccc32)ccc1F. The highest BCUT2D eigenvalue weighted by atomic mass is 32.2. The van der Waals surface area contributed by atoms with E-state index in [0.717, 1.165) is 29.3 Å². The van der Waals surface area contributed by atoms with Crippen molar-refractivity contribution in [3.8, 4) is 6.07 Å². The zero-order valence-corrected chi connectivity index (χ0v) is 13.5. The first-order chi connectivity index (χ1) is 11.4. The monoisotopic (exact) mass is 346 g/mol. The summed E-state index contributed by atoms with van der Waals surface area (Å²) in [6.45, 7) is -0.393. The van der Waals surface area contributed by atoms with E-state index in [1.54, 1.807) is 18.2 Å². The minimum absolute atomic E-state index is 0.211. The predicted molar refractivity (Wildman–Crippen MR) is 85.0 cm³/mol. The summed E-state index contributed by atoms with van der Waals surface area (Å²) in [5.74, 6) is -0.778. The Kier molecular flexibility index (Phi) is 4.13. The molecule has 1 atom stereocenters. The molecule has 0 bridgehead atoms. The molecule has 0 aliphatic heterocycles. The van der Waals surface area contributed by atoms with Crippen molar-refractivity contribution in [2.45, 2.75) is 23.3 Å². The number of fused-ring (bicyclic) bond motifs is 1. The summed E-state index contributed by atoms with van der Waals surface area (Å²) in [5, 5.41) is 18.8. The van der Waals surface area contributed by atoms with Gasteiger partial charge in [0.15, 0.2) is 0 Å². The molecule has 1 aliphatic rings. The Morgan fingerprint density at radius 1 is 1.29 bits per heavy atom. The molecule has 0 spiro atoms. The number of nitriles is 1. The maximum absolute atomic E-state index is 13.4. The Morgan fingerprint density at radius 3 is 2.75 bits per heavy atom. The van der Waals surface area contributed by atoms with Crippen LogP contribution in [0.1, 0.15) is 23.1 Å². The van der Waals surface area contributed by atoms with Gasteiger partial charge in [-0.25, -0.2) is 12.8 Å².